The first kappa shape index (κ1) is 18.9. The first-order valence-corrected chi connectivity index (χ1v) is 9.35. The largest absolute Gasteiger partial charge is 0.496 e. The van der Waals surface area contributed by atoms with Crippen LogP contribution in [0.2, 0.25) is 0 Å². The molecule has 0 amide bonds. The van der Waals surface area contributed by atoms with Gasteiger partial charge in [0.1, 0.15) is 11.6 Å². The van der Waals surface area contributed by atoms with Crippen LogP contribution in [-0.2, 0) is 6.54 Å². The zero-order valence-electron chi connectivity index (χ0n) is 16.0. The minimum absolute atomic E-state index is 0.233. The molecule has 4 aromatic rings. The second-order valence-corrected chi connectivity index (χ2v) is 6.70. The van der Waals surface area contributed by atoms with E-state index in [9.17, 15) is 9.50 Å². The fourth-order valence-electron chi connectivity index (χ4n) is 3.46. The minimum atomic E-state index is -0.759. The Bertz CT molecular complexity index is 1090. The molecule has 29 heavy (non-hydrogen) atoms. The molecular weight excluding hydrogens is 367 g/mol. The predicted octanol–water partition coefficient (Wildman–Crippen LogP) is 5.10. The Labute approximate surface area is 168 Å². The summed E-state index contributed by atoms with van der Waals surface area (Å²) < 4.78 is 22.2. The van der Waals surface area contributed by atoms with E-state index in [1.54, 1.807) is 23.0 Å². The summed E-state index contributed by atoms with van der Waals surface area (Å²) in [5.41, 5.74) is 3.18. The molecule has 0 fully saturated rings. The van der Waals surface area contributed by atoms with Crippen LogP contribution in [0.5, 0.6) is 5.75 Å². The van der Waals surface area contributed by atoms with Crippen molar-refractivity contribution in [2.75, 3.05) is 7.11 Å². The average Bonchev–Trinajstić information content (AvgIpc) is 3.17. The van der Waals surface area contributed by atoms with Gasteiger partial charge in [-0.3, -0.25) is 0 Å². The molecule has 1 heterocycles. The molecule has 4 nitrogen and oxygen atoms in total. The minimum Gasteiger partial charge on any atom is -0.496 e. The molecule has 4 rings (SSSR count). The van der Waals surface area contributed by atoms with Crippen molar-refractivity contribution in [1.29, 1.82) is 0 Å². The van der Waals surface area contributed by atoms with E-state index in [0.717, 1.165) is 11.1 Å². The summed E-state index contributed by atoms with van der Waals surface area (Å²) in [4.78, 5) is 4.56. The van der Waals surface area contributed by atoms with Crippen molar-refractivity contribution >= 4 is 0 Å². The summed E-state index contributed by atoms with van der Waals surface area (Å²) in [5, 5.41) is 10.7. The smallest absolute Gasteiger partial charge is 0.136 e. The van der Waals surface area contributed by atoms with E-state index in [-0.39, 0.29) is 6.54 Å². The molecule has 3 aromatic carbocycles. The Morgan fingerprint density at radius 1 is 0.966 bits per heavy atom. The third kappa shape index (κ3) is 3.77. The topological polar surface area (TPSA) is 47.3 Å². The lowest BCUT2D eigenvalue weighted by Gasteiger charge is -2.17. The molecule has 0 aliphatic heterocycles. The second kappa shape index (κ2) is 8.29. The highest BCUT2D eigenvalue weighted by molar-refractivity contribution is 5.82. The summed E-state index contributed by atoms with van der Waals surface area (Å²) in [6, 6.07) is 23.7. The molecule has 5 heteroatoms. The molecule has 0 unspecified atom stereocenters. The Morgan fingerprint density at radius 2 is 1.66 bits per heavy atom. The lowest BCUT2D eigenvalue weighted by molar-refractivity contribution is 0.157. The van der Waals surface area contributed by atoms with Crippen LogP contribution in [0, 0.1) is 5.82 Å². The van der Waals surface area contributed by atoms with Gasteiger partial charge in [0.2, 0.25) is 0 Å². The van der Waals surface area contributed by atoms with E-state index in [1.165, 1.54) is 13.2 Å². The van der Waals surface area contributed by atoms with Gasteiger partial charge in [0.25, 0.3) is 0 Å². The number of methoxy groups -OCH3 is 1. The number of nitrogens with zero attached hydrogens (tertiary/aromatic N) is 2. The Hall–Kier alpha value is -3.44. The zero-order valence-corrected chi connectivity index (χ0v) is 16.0. The summed E-state index contributed by atoms with van der Waals surface area (Å²) in [5.74, 6) is 0.00983. The van der Waals surface area contributed by atoms with Crippen molar-refractivity contribution in [2.24, 2.45) is 0 Å². The number of aromatic nitrogens is 2. The van der Waals surface area contributed by atoms with Gasteiger partial charge >= 0.3 is 0 Å². The summed E-state index contributed by atoms with van der Waals surface area (Å²) in [6.07, 6.45) is 0.876. The van der Waals surface area contributed by atoms with Crippen LogP contribution in [-0.4, -0.2) is 21.8 Å². The monoisotopic (exact) mass is 388 g/mol. The maximum Gasteiger partial charge on any atom is 0.136 e. The fraction of sp³-hybridized carbons (Fsp3) is 0.125. The van der Waals surface area contributed by atoms with Gasteiger partial charge in [0.05, 0.1) is 43.0 Å². The van der Waals surface area contributed by atoms with Crippen molar-refractivity contribution < 1.29 is 14.2 Å². The van der Waals surface area contributed by atoms with Gasteiger partial charge in [0, 0.05) is 5.56 Å². The van der Waals surface area contributed by atoms with Crippen molar-refractivity contribution in [1.82, 2.24) is 9.55 Å². The lowest BCUT2D eigenvalue weighted by Crippen LogP contribution is -2.10. The van der Waals surface area contributed by atoms with E-state index in [1.807, 2.05) is 60.7 Å². The summed E-state index contributed by atoms with van der Waals surface area (Å²) in [6.45, 7) is 0.233. The van der Waals surface area contributed by atoms with E-state index < -0.39 is 11.9 Å². The van der Waals surface area contributed by atoms with Gasteiger partial charge in [-0.05, 0) is 17.7 Å². The molecule has 1 aromatic heterocycles. The molecule has 1 N–H and O–H groups in total. The SMILES string of the molecule is COc1cccc(F)c1-c1c(-c2ccccc2)ncn1C[C@H](O)c1ccccc1. The number of hydrogen-bond donors (Lipinski definition) is 1. The maximum atomic E-state index is 15.0. The number of rotatable bonds is 6. The molecule has 0 bridgehead atoms. The second-order valence-electron chi connectivity index (χ2n) is 6.70. The molecule has 0 saturated carbocycles. The predicted molar refractivity (Wildman–Crippen MR) is 111 cm³/mol. The van der Waals surface area contributed by atoms with Gasteiger partial charge in [-0.15, -0.1) is 0 Å². The molecule has 0 spiro atoms. The number of ether oxygens (including phenoxy) is 1. The van der Waals surface area contributed by atoms with Crippen LogP contribution in [0.15, 0.2) is 85.2 Å². The van der Waals surface area contributed by atoms with Crippen molar-refractivity contribution in [3.8, 4) is 28.3 Å². The molecule has 146 valence electrons. The van der Waals surface area contributed by atoms with E-state index in [2.05, 4.69) is 4.98 Å². The first-order valence-electron chi connectivity index (χ1n) is 9.35. The van der Waals surface area contributed by atoms with Crippen LogP contribution >= 0.6 is 0 Å². The van der Waals surface area contributed by atoms with Gasteiger partial charge in [-0.1, -0.05) is 66.7 Å². The number of imidazole rings is 1. The van der Waals surface area contributed by atoms with Gasteiger partial charge in [0.15, 0.2) is 0 Å². The number of aliphatic hydroxyl groups excluding tert-OH is 1. The number of halogens is 1. The summed E-state index contributed by atoms with van der Waals surface area (Å²) in [7, 11) is 1.51. The highest BCUT2D eigenvalue weighted by Crippen LogP contribution is 2.39. The molecule has 1 atom stereocenters. The molecule has 0 aliphatic carbocycles. The summed E-state index contributed by atoms with van der Waals surface area (Å²) >= 11 is 0. The van der Waals surface area contributed by atoms with Crippen LogP contribution in [0.3, 0.4) is 0 Å². The Morgan fingerprint density at radius 3 is 2.34 bits per heavy atom. The highest BCUT2D eigenvalue weighted by atomic mass is 19.1. The normalized spacial score (nSPS) is 12.0. The van der Waals surface area contributed by atoms with Gasteiger partial charge in [-0.25, -0.2) is 9.37 Å². The van der Waals surface area contributed by atoms with E-state index in [0.29, 0.717) is 22.7 Å². The lowest BCUT2D eigenvalue weighted by atomic mass is 10.0. The van der Waals surface area contributed by atoms with Crippen LogP contribution in [0.1, 0.15) is 11.7 Å². The van der Waals surface area contributed by atoms with Crippen LogP contribution in [0.4, 0.5) is 4.39 Å². The molecule has 0 saturated heterocycles. The van der Waals surface area contributed by atoms with Gasteiger partial charge in [-0.2, -0.15) is 0 Å². The average molecular weight is 388 g/mol. The molecule has 0 radical (unpaired) electrons. The third-order valence-corrected chi connectivity index (χ3v) is 4.87. The fourth-order valence-corrected chi connectivity index (χ4v) is 3.46. The standard InChI is InChI=1S/C24H21FN2O2/c1-29-21-14-8-13-19(25)22(21)24-23(18-11-6-3-7-12-18)26-16-27(24)15-20(28)17-9-4-2-5-10-17/h2-14,16,20,28H,15H2,1H3/t20-/m0/s1. The van der Waals surface area contributed by atoms with Crippen molar-refractivity contribution in [3.05, 3.63) is 96.6 Å². The van der Waals surface area contributed by atoms with Gasteiger partial charge < -0.3 is 14.4 Å². The number of aliphatic hydroxyl groups is 1. The third-order valence-electron chi connectivity index (χ3n) is 4.87. The first-order chi connectivity index (χ1) is 14.2. The van der Waals surface area contributed by atoms with E-state index in [4.69, 9.17) is 4.74 Å². The number of hydrogen-bond acceptors (Lipinski definition) is 3. The molecule has 0 aliphatic rings. The van der Waals surface area contributed by atoms with Crippen LogP contribution < -0.4 is 4.74 Å². The number of benzene rings is 3. The van der Waals surface area contributed by atoms with Crippen molar-refractivity contribution in [3.63, 3.8) is 0 Å². The Kier molecular flexibility index (Phi) is 5.40. The zero-order chi connectivity index (χ0) is 20.2. The quantitative estimate of drug-likeness (QED) is 0.500. The van der Waals surface area contributed by atoms with Crippen molar-refractivity contribution in [2.45, 2.75) is 12.6 Å². The highest BCUT2D eigenvalue weighted by Gasteiger charge is 2.23. The van der Waals surface area contributed by atoms with E-state index >= 15 is 0 Å². The molecular formula is C24H21FN2O2. The Balaban J connectivity index is 1.86. The maximum absolute atomic E-state index is 15.0. The van der Waals surface area contributed by atoms with Crippen LogP contribution in [0.25, 0.3) is 22.5 Å².